The molecule has 0 saturated carbocycles. The van der Waals surface area contributed by atoms with Gasteiger partial charge in [0, 0.05) is 24.7 Å². The van der Waals surface area contributed by atoms with E-state index in [0.717, 1.165) is 25.9 Å². The standard InChI is InChI=1S/C18H35N3O2/c1-6-20-10-7-15(8-11-20)19-16-9-12-21(14(2)13-16)17(22)23-18(3,4)5/h14-16,19H,6-13H2,1-5H3. The van der Waals surface area contributed by atoms with Gasteiger partial charge in [-0.15, -0.1) is 0 Å². The van der Waals surface area contributed by atoms with Gasteiger partial charge in [-0.3, -0.25) is 0 Å². The van der Waals surface area contributed by atoms with Crippen LogP contribution < -0.4 is 5.32 Å². The molecule has 1 N–H and O–H groups in total. The maximum Gasteiger partial charge on any atom is 0.410 e. The fraction of sp³-hybridized carbons (Fsp3) is 0.944. The highest BCUT2D eigenvalue weighted by Gasteiger charge is 2.32. The van der Waals surface area contributed by atoms with Crippen LogP contribution >= 0.6 is 0 Å². The maximum atomic E-state index is 12.3. The number of likely N-dealkylation sites (tertiary alicyclic amines) is 2. The summed E-state index contributed by atoms with van der Waals surface area (Å²) in [6, 6.07) is 1.41. The molecule has 2 heterocycles. The summed E-state index contributed by atoms with van der Waals surface area (Å²) in [6.07, 6.45) is 4.37. The highest BCUT2D eigenvalue weighted by Crippen LogP contribution is 2.22. The van der Waals surface area contributed by atoms with Gasteiger partial charge >= 0.3 is 6.09 Å². The van der Waals surface area contributed by atoms with Gasteiger partial charge in [-0.1, -0.05) is 6.92 Å². The molecule has 2 aliphatic rings. The maximum absolute atomic E-state index is 12.3. The number of carbonyl (C=O) groups excluding carboxylic acids is 1. The normalized spacial score (nSPS) is 28.0. The largest absolute Gasteiger partial charge is 0.444 e. The number of nitrogens with one attached hydrogen (secondary N) is 1. The van der Waals surface area contributed by atoms with Crippen LogP contribution in [0.5, 0.6) is 0 Å². The molecular weight excluding hydrogens is 290 g/mol. The Labute approximate surface area is 141 Å². The Hall–Kier alpha value is -0.810. The van der Waals surface area contributed by atoms with E-state index < -0.39 is 5.60 Å². The molecule has 5 nitrogen and oxygen atoms in total. The highest BCUT2D eigenvalue weighted by molar-refractivity contribution is 5.68. The topological polar surface area (TPSA) is 44.8 Å². The highest BCUT2D eigenvalue weighted by atomic mass is 16.6. The third-order valence-corrected chi connectivity index (χ3v) is 5.01. The summed E-state index contributed by atoms with van der Waals surface area (Å²) in [4.78, 5) is 16.7. The van der Waals surface area contributed by atoms with Crippen LogP contribution in [0.2, 0.25) is 0 Å². The second-order valence-corrected chi connectivity index (χ2v) is 8.12. The minimum Gasteiger partial charge on any atom is -0.444 e. The number of carbonyl (C=O) groups is 1. The van der Waals surface area contributed by atoms with E-state index in [2.05, 4.69) is 24.1 Å². The number of hydrogen-bond acceptors (Lipinski definition) is 4. The molecule has 0 bridgehead atoms. The Balaban J connectivity index is 1.76. The Bertz CT molecular complexity index is 386. The van der Waals surface area contributed by atoms with E-state index in [4.69, 9.17) is 4.74 Å². The van der Waals surface area contributed by atoms with Crippen molar-refractivity contribution < 1.29 is 9.53 Å². The molecular formula is C18H35N3O2. The van der Waals surface area contributed by atoms with Crippen LogP contribution in [0.4, 0.5) is 4.79 Å². The molecule has 23 heavy (non-hydrogen) atoms. The molecule has 0 spiro atoms. The Kier molecular flexibility index (Phi) is 6.32. The van der Waals surface area contributed by atoms with Crippen LogP contribution in [0.3, 0.4) is 0 Å². The lowest BCUT2D eigenvalue weighted by Crippen LogP contribution is -2.54. The summed E-state index contributed by atoms with van der Waals surface area (Å²) in [5.41, 5.74) is -0.418. The first-order valence-electron chi connectivity index (χ1n) is 9.26. The van der Waals surface area contributed by atoms with Gasteiger partial charge in [0.2, 0.25) is 0 Å². The number of ether oxygens (including phenoxy) is 1. The quantitative estimate of drug-likeness (QED) is 0.866. The van der Waals surface area contributed by atoms with Crippen molar-refractivity contribution in [3.05, 3.63) is 0 Å². The zero-order chi connectivity index (χ0) is 17.0. The van der Waals surface area contributed by atoms with Crippen molar-refractivity contribution in [3.8, 4) is 0 Å². The van der Waals surface area contributed by atoms with E-state index in [1.807, 2.05) is 25.7 Å². The van der Waals surface area contributed by atoms with Crippen molar-refractivity contribution in [3.63, 3.8) is 0 Å². The van der Waals surface area contributed by atoms with Gasteiger partial charge in [0.25, 0.3) is 0 Å². The van der Waals surface area contributed by atoms with Gasteiger partial charge in [-0.2, -0.15) is 0 Å². The van der Waals surface area contributed by atoms with Crippen LogP contribution in [0.15, 0.2) is 0 Å². The average molecular weight is 325 g/mol. The first-order chi connectivity index (χ1) is 10.8. The van der Waals surface area contributed by atoms with Gasteiger partial charge < -0.3 is 19.9 Å². The van der Waals surface area contributed by atoms with Crippen LogP contribution in [0, 0.1) is 0 Å². The van der Waals surface area contributed by atoms with Crippen molar-refractivity contribution in [2.75, 3.05) is 26.2 Å². The lowest BCUT2D eigenvalue weighted by molar-refractivity contribution is 0.00864. The van der Waals surface area contributed by atoms with Crippen LogP contribution in [0.25, 0.3) is 0 Å². The molecule has 0 aromatic heterocycles. The van der Waals surface area contributed by atoms with Gasteiger partial charge in [-0.05, 0) is 73.0 Å². The van der Waals surface area contributed by atoms with Gasteiger partial charge in [0.15, 0.2) is 0 Å². The summed E-state index contributed by atoms with van der Waals surface area (Å²) in [5, 5.41) is 3.84. The van der Waals surface area contributed by atoms with E-state index in [1.54, 1.807) is 0 Å². The van der Waals surface area contributed by atoms with Crippen LogP contribution in [0.1, 0.15) is 60.3 Å². The molecule has 2 saturated heterocycles. The fourth-order valence-corrected chi connectivity index (χ4v) is 3.66. The van der Waals surface area contributed by atoms with Crippen molar-refractivity contribution in [2.45, 2.75) is 84.0 Å². The number of rotatable bonds is 3. The Morgan fingerprint density at radius 1 is 1.13 bits per heavy atom. The SMILES string of the molecule is CCN1CCC(NC2CCN(C(=O)OC(C)(C)C)C(C)C2)CC1. The van der Waals surface area contributed by atoms with Gasteiger partial charge in [-0.25, -0.2) is 4.79 Å². The second-order valence-electron chi connectivity index (χ2n) is 8.12. The molecule has 0 aromatic carbocycles. The molecule has 0 aromatic rings. The fourth-order valence-electron chi connectivity index (χ4n) is 3.66. The first kappa shape index (κ1) is 18.5. The smallest absolute Gasteiger partial charge is 0.410 e. The predicted octanol–water partition coefficient (Wildman–Crippen LogP) is 2.85. The van der Waals surface area contributed by atoms with Gasteiger partial charge in [0.1, 0.15) is 5.60 Å². The molecule has 2 aliphatic heterocycles. The van der Waals surface area contributed by atoms with Crippen molar-refractivity contribution >= 4 is 6.09 Å². The molecule has 2 rings (SSSR count). The summed E-state index contributed by atoms with van der Waals surface area (Å²) in [6.45, 7) is 14.5. The summed E-state index contributed by atoms with van der Waals surface area (Å²) >= 11 is 0. The zero-order valence-electron chi connectivity index (χ0n) is 15.6. The number of hydrogen-bond donors (Lipinski definition) is 1. The molecule has 0 radical (unpaired) electrons. The number of nitrogens with zero attached hydrogens (tertiary/aromatic N) is 2. The number of piperidine rings is 2. The molecule has 5 heteroatoms. The van der Waals surface area contributed by atoms with E-state index >= 15 is 0 Å². The molecule has 2 fully saturated rings. The average Bonchev–Trinajstić information content (AvgIpc) is 2.46. The molecule has 1 amide bonds. The monoisotopic (exact) mass is 325 g/mol. The summed E-state index contributed by atoms with van der Waals surface area (Å²) in [5.74, 6) is 0. The minimum absolute atomic E-state index is 0.167. The van der Waals surface area contributed by atoms with Gasteiger partial charge in [0.05, 0.1) is 0 Å². The van der Waals surface area contributed by atoms with Crippen molar-refractivity contribution in [2.24, 2.45) is 0 Å². The molecule has 2 atom stereocenters. The van der Waals surface area contributed by atoms with E-state index in [0.29, 0.717) is 12.1 Å². The Morgan fingerprint density at radius 2 is 1.74 bits per heavy atom. The third kappa shape index (κ3) is 5.64. The number of amides is 1. The van der Waals surface area contributed by atoms with Crippen LogP contribution in [-0.4, -0.2) is 65.8 Å². The first-order valence-corrected chi connectivity index (χ1v) is 9.26. The molecule has 134 valence electrons. The van der Waals surface area contributed by atoms with Crippen molar-refractivity contribution in [1.82, 2.24) is 15.1 Å². The summed E-state index contributed by atoms with van der Waals surface area (Å²) < 4.78 is 5.52. The minimum atomic E-state index is -0.418. The summed E-state index contributed by atoms with van der Waals surface area (Å²) in [7, 11) is 0. The van der Waals surface area contributed by atoms with Crippen LogP contribution in [-0.2, 0) is 4.74 Å². The van der Waals surface area contributed by atoms with E-state index in [9.17, 15) is 4.79 Å². The molecule has 2 unspecified atom stereocenters. The zero-order valence-corrected chi connectivity index (χ0v) is 15.6. The second kappa shape index (κ2) is 7.84. The Morgan fingerprint density at radius 3 is 2.26 bits per heavy atom. The molecule has 0 aliphatic carbocycles. The third-order valence-electron chi connectivity index (χ3n) is 5.01. The lowest BCUT2D eigenvalue weighted by Gasteiger charge is -2.41. The predicted molar refractivity (Wildman–Crippen MR) is 93.7 cm³/mol. The van der Waals surface area contributed by atoms with E-state index in [1.165, 1.54) is 25.9 Å². The van der Waals surface area contributed by atoms with E-state index in [-0.39, 0.29) is 12.1 Å². The van der Waals surface area contributed by atoms with Crippen molar-refractivity contribution in [1.29, 1.82) is 0 Å². The lowest BCUT2D eigenvalue weighted by atomic mass is 9.96.